The highest BCUT2D eigenvalue weighted by Gasteiger charge is 2.33. The number of benzene rings is 1. The van der Waals surface area contributed by atoms with E-state index >= 15 is 0 Å². The van der Waals surface area contributed by atoms with Crippen LogP contribution in [0.4, 0.5) is 18.9 Å². The number of nitrogens with one attached hydrogen (secondary N) is 1. The molecule has 1 aromatic carbocycles. The summed E-state index contributed by atoms with van der Waals surface area (Å²) >= 11 is 1.84. The lowest BCUT2D eigenvalue weighted by atomic mass is 10.1. The van der Waals surface area contributed by atoms with Crippen LogP contribution < -0.4 is 3.53 Å². The van der Waals surface area contributed by atoms with Crippen LogP contribution >= 0.6 is 22.9 Å². The Morgan fingerprint density at radius 1 is 1.20 bits per heavy atom. The van der Waals surface area contributed by atoms with Gasteiger partial charge in [0.25, 0.3) is 0 Å². The third kappa shape index (κ3) is 2.56. The number of anilines is 1. The van der Waals surface area contributed by atoms with E-state index in [4.69, 9.17) is 0 Å². The van der Waals surface area contributed by atoms with Gasteiger partial charge in [-0.3, -0.25) is 0 Å². The normalized spacial score (nSPS) is 16.5. The Hall–Kier alpha value is -0.460. The lowest BCUT2D eigenvalue weighted by Gasteiger charge is -2.11. The standard InChI is InChI=1S/C10H9F3IN/c11-10(12,13)8-3-7(6-1-2-6)4-9(5-8)15-14/h3-6,15H,1-2H2. The summed E-state index contributed by atoms with van der Waals surface area (Å²) in [4.78, 5) is 0. The number of hydrogen-bond donors (Lipinski definition) is 1. The highest BCUT2D eigenvalue weighted by atomic mass is 127. The molecule has 2 rings (SSSR count). The summed E-state index contributed by atoms with van der Waals surface area (Å²) in [6.07, 6.45) is -2.25. The molecular formula is C10H9F3IN. The molecule has 1 N–H and O–H groups in total. The number of hydrogen-bond acceptors (Lipinski definition) is 1. The van der Waals surface area contributed by atoms with E-state index in [1.165, 1.54) is 6.07 Å². The lowest BCUT2D eigenvalue weighted by Crippen LogP contribution is -2.06. The van der Waals surface area contributed by atoms with E-state index in [1.807, 2.05) is 22.9 Å². The van der Waals surface area contributed by atoms with Crippen LogP contribution in [0.15, 0.2) is 18.2 Å². The third-order valence-corrected chi connectivity index (χ3v) is 3.06. The van der Waals surface area contributed by atoms with Gasteiger partial charge in [-0.15, -0.1) is 0 Å². The second-order valence-electron chi connectivity index (χ2n) is 3.71. The van der Waals surface area contributed by atoms with Crippen molar-refractivity contribution in [3.8, 4) is 0 Å². The van der Waals surface area contributed by atoms with E-state index in [0.29, 0.717) is 11.6 Å². The minimum absolute atomic E-state index is 0.329. The molecule has 15 heavy (non-hydrogen) atoms. The Bertz CT molecular complexity index is 371. The summed E-state index contributed by atoms with van der Waals surface area (Å²) in [6, 6.07) is 4.19. The van der Waals surface area contributed by atoms with Crippen molar-refractivity contribution in [2.45, 2.75) is 24.9 Å². The molecular weight excluding hydrogens is 318 g/mol. The van der Waals surface area contributed by atoms with E-state index in [-0.39, 0.29) is 0 Å². The first-order chi connectivity index (χ1) is 7.00. The molecule has 0 unspecified atom stereocenters. The minimum atomic E-state index is -4.26. The maximum Gasteiger partial charge on any atom is 0.416 e. The molecule has 1 aliphatic rings. The zero-order chi connectivity index (χ0) is 11.1. The molecule has 1 aromatic rings. The van der Waals surface area contributed by atoms with E-state index in [2.05, 4.69) is 3.53 Å². The zero-order valence-corrected chi connectivity index (χ0v) is 9.89. The second kappa shape index (κ2) is 3.84. The monoisotopic (exact) mass is 327 g/mol. The molecule has 1 fully saturated rings. The summed E-state index contributed by atoms with van der Waals surface area (Å²) in [6.45, 7) is 0. The van der Waals surface area contributed by atoms with Crippen molar-refractivity contribution in [2.75, 3.05) is 3.53 Å². The van der Waals surface area contributed by atoms with E-state index < -0.39 is 11.7 Å². The van der Waals surface area contributed by atoms with Gasteiger partial charge in [0, 0.05) is 5.69 Å². The van der Waals surface area contributed by atoms with Crippen molar-refractivity contribution >= 4 is 28.6 Å². The van der Waals surface area contributed by atoms with Gasteiger partial charge in [0.1, 0.15) is 0 Å². The summed E-state index contributed by atoms with van der Waals surface area (Å²) in [5, 5.41) is 0. The van der Waals surface area contributed by atoms with E-state index in [0.717, 1.165) is 24.5 Å². The first-order valence-corrected chi connectivity index (χ1v) is 5.67. The Morgan fingerprint density at radius 2 is 1.87 bits per heavy atom. The van der Waals surface area contributed by atoms with Crippen LogP contribution in [-0.4, -0.2) is 0 Å². The van der Waals surface area contributed by atoms with Gasteiger partial charge in [0.05, 0.1) is 28.4 Å². The van der Waals surface area contributed by atoms with Gasteiger partial charge in [0.2, 0.25) is 0 Å². The van der Waals surface area contributed by atoms with Crippen LogP contribution in [0.25, 0.3) is 0 Å². The molecule has 82 valence electrons. The van der Waals surface area contributed by atoms with Crippen LogP contribution in [0, 0.1) is 0 Å². The molecule has 1 aliphatic carbocycles. The van der Waals surface area contributed by atoms with Gasteiger partial charge < -0.3 is 3.53 Å². The molecule has 0 spiro atoms. The maximum absolute atomic E-state index is 12.5. The third-order valence-electron chi connectivity index (χ3n) is 2.44. The Balaban J connectivity index is 2.41. The molecule has 1 nitrogen and oxygen atoms in total. The van der Waals surface area contributed by atoms with Crippen LogP contribution in [0.1, 0.15) is 29.9 Å². The van der Waals surface area contributed by atoms with Crippen molar-refractivity contribution in [1.29, 1.82) is 0 Å². The molecule has 0 saturated heterocycles. The predicted molar refractivity (Wildman–Crippen MR) is 61.1 cm³/mol. The Labute approximate surface area is 99.6 Å². The SMILES string of the molecule is FC(F)(F)c1cc(NI)cc(C2CC2)c1. The van der Waals surface area contributed by atoms with Crippen LogP contribution in [0.3, 0.4) is 0 Å². The zero-order valence-electron chi connectivity index (χ0n) is 7.74. The molecule has 0 amide bonds. The molecule has 0 atom stereocenters. The second-order valence-corrected chi connectivity index (χ2v) is 4.25. The molecule has 0 heterocycles. The molecule has 0 radical (unpaired) electrons. The van der Waals surface area contributed by atoms with E-state index in [1.54, 1.807) is 6.07 Å². The fourth-order valence-corrected chi connectivity index (χ4v) is 1.83. The average molecular weight is 327 g/mol. The molecule has 0 aromatic heterocycles. The van der Waals surface area contributed by atoms with Gasteiger partial charge in [-0.1, -0.05) is 0 Å². The van der Waals surface area contributed by atoms with Gasteiger partial charge >= 0.3 is 6.18 Å². The van der Waals surface area contributed by atoms with Gasteiger partial charge in [0.15, 0.2) is 0 Å². The van der Waals surface area contributed by atoms with Gasteiger partial charge in [-0.2, -0.15) is 13.2 Å². The highest BCUT2D eigenvalue weighted by molar-refractivity contribution is 14.1. The van der Waals surface area contributed by atoms with Crippen molar-refractivity contribution < 1.29 is 13.2 Å². The topological polar surface area (TPSA) is 12.0 Å². The molecule has 0 aliphatic heterocycles. The number of alkyl halides is 3. The van der Waals surface area contributed by atoms with Crippen molar-refractivity contribution in [2.24, 2.45) is 0 Å². The molecule has 1 saturated carbocycles. The summed E-state index contributed by atoms with van der Waals surface area (Å²) in [5.41, 5.74) is 0.752. The average Bonchev–Trinajstić information content (AvgIpc) is 2.99. The smallest absolute Gasteiger partial charge is 0.328 e. The number of rotatable bonds is 2. The Kier molecular flexibility index (Phi) is 2.83. The fourth-order valence-electron chi connectivity index (χ4n) is 1.52. The summed E-state index contributed by atoms with van der Waals surface area (Å²) < 4.78 is 40.3. The summed E-state index contributed by atoms with van der Waals surface area (Å²) in [5.74, 6) is 0.329. The van der Waals surface area contributed by atoms with Crippen molar-refractivity contribution in [1.82, 2.24) is 0 Å². The van der Waals surface area contributed by atoms with Crippen LogP contribution in [0.5, 0.6) is 0 Å². The molecule has 0 bridgehead atoms. The van der Waals surface area contributed by atoms with Gasteiger partial charge in [-0.05, 0) is 42.5 Å². The number of halogens is 4. The fraction of sp³-hybridized carbons (Fsp3) is 0.400. The van der Waals surface area contributed by atoms with E-state index in [9.17, 15) is 13.2 Å². The highest BCUT2D eigenvalue weighted by Crippen LogP contribution is 2.43. The minimum Gasteiger partial charge on any atom is -0.328 e. The maximum atomic E-state index is 12.5. The molecule has 5 heteroatoms. The largest absolute Gasteiger partial charge is 0.416 e. The lowest BCUT2D eigenvalue weighted by molar-refractivity contribution is -0.137. The predicted octanol–water partition coefficient (Wildman–Crippen LogP) is 4.34. The first-order valence-electron chi connectivity index (χ1n) is 4.59. The quantitative estimate of drug-likeness (QED) is 0.629. The van der Waals surface area contributed by atoms with Crippen molar-refractivity contribution in [3.05, 3.63) is 29.3 Å². The van der Waals surface area contributed by atoms with Crippen LogP contribution in [0.2, 0.25) is 0 Å². The van der Waals surface area contributed by atoms with Crippen LogP contribution in [-0.2, 0) is 6.18 Å². The first kappa shape index (κ1) is 11.0. The van der Waals surface area contributed by atoms with Crippen molar-refractivity contribution in [3.63, 3.8) is 0 Å². The van der Waals surface area contributed by atoms with Gasteiger partial charge in [-0.25, -0.2) is 0 Å². The Morgan fingerprint density at radius 3 is 2.33 bits per heavy atom. The summed E-state index contributed by atoms with van der Waals surface area (Å²) in [7, 11) is 0.